The number of anilines is 1. The van der Waals surface area contributed by atoms with Gasteiger partial charge in [0.15, 0.2) is 5.82 Å². The van der Waals surface area contributed by atoms with Crippen LogP contribution in [0.5, 0.6) is 11.8 Å². The number of benzene rings is 1. The smallest absolute Gasteiger partial charge is 0.320 e. The number of rotatable bonds is 13. The summed E-state index contributed by atoms with van der Waals surface area (Å²) in [4.78, 5) is 41.8. The molecule has 0 unspecified atom stereocenters. The number of halogens is 1. The molecule has 2 saturated heterocycles. The van der Waals surface area contributed by atoms with Crippen LogP contribution in [0.2, 0.25) is 0 Å². The van der Waals surface area contributed by atoms with Gasteiger partial charge in [-0.25, -0.2) is 32.3 Å². The molecule has 2 aliphatic rings. The summed E-state index contributed by atoms with van der Waals surface area (Å²) in [6.07, 6.45) is 3.38. The van der Waals surface area contributed by atoms with Crippen LogP contribution < -0.4 is 25.4 Å². The number of hydrogen-bond donors (Lipinski definition) is 3. The van der Waals surface area contributed by atoms with E-state index in [1.165, 1.54) is 32.7 Å². The Morgan fingerprint density at radius 1 is 1.00 bits per heavy atom. The Balaban J connectivity index is 1.26. The number of sulfone groups is 1. The third-order valence-electron chi connectivity index (χ3n) is 9.30. The van der Waals surface area contributed by atoms with Gasteiger partial charge in [0.2, 0.25) is 11.8 Å². The number of ether oxygens (including phenoxy) is 3. The first-order valence-electron chi connectivity index (χ1n) is 17.4. The lowest BCUT2D eigenvalue weighted by atomic mass is 10.0. The van der Waals surface area contributed by atoms with E-state index in [1.807, 2.05) is 30.3 Å². The van der Waals surface area contributed by atoms with Gasteiger partial charge in [0.05, 0.1) is 49.8 Å². The van der Waals surface area contributed by atoms with Gasteiger partial charge in [0.1, 0.15) is 27.3 Å². The number of methoxy groups -OCH3 is 3. The van der Waals surface area contributed by atoms with E-state index < -0.39 is 39.7 Å². The maximum absolute atomic E-state index is 14.5. The van der Waals surface area contributed by atoms with Gasteiger partial charge in [-0.05, 0) is 49.6 Å². The van der Waals surface area contributed by atoms with Crippen molar-refractivity contribution in [2.45, 2.75) is 44.4 Å². The molecule has 0 saturated carbocycles. The fourth-order valence-corrected chi connectivity index (χ4v) is 7.94. The lowest BCUT2D eigenvalue weighted by molar-refractivity contribution is -0.151. The molecule has 3 aromatic heterocycles. The summed E-state index contributed by atoms with van der Waals surface area (Å²) in [5.41, 5.74) is 2.91. The van der Waals surface area contributed by atoms with Gasteiger partial charge in [-0.2, -0.15) is 10.2 Å². The van der Waals surface area contributed by atoms with E-state index in [2.05, 4.69) is 25.9 Å². The molecule has 0 aliphatic carbocycles. The zero-order chi connectivity index (χ0) is 38.4. The number of carbonyl (C=O) groups excluding carboxylic acids is 2. The number of urea groups is 1. The molecule has 288 valence electrons. The minimum atomic E-state index is -3.11. The minimum absolute atomic E-state index is 0.00742. The summed E-state index contributed by atoms with van der Waals surface area (Å²) in [7, 11) is 1.22. The Kier molecular flexibility index (Phi) is 12.1. The first-order chi connectivity index (χ1) is 26.0. The van der Waals surface area contributed by atoms with Crippen molar-refractivity contribution in [3.05, 3.63) is 77.4 Å². The molecular formula is C36H43FN8O8S. The highest BCUT2D eigenvalue weighted by Gasteiger charge is 2.36. The number of hydrogen-bond acceptors (Lipinski definition) is 12. The summed E-state index contributed by atoms with van der Waals surface area (Å²) < 4.78 is 55.5. The largest absolute Gasteiger partial charge is 0.480 e. The zero-order valence-corrected chi connectivity index (χ0v) is 31.2. The normalized spacial score (nSPS) is 18.6. The molecule has 2 fully saturated rings. The van der Waals surface area contributed by atoms with Crippen LogP contribution in [0.1, 0.15) is 34.3 Å². The molecule has 2 aliphatic heterocycles. The number of nitrogens with zero attached hydrogens (tertiary/aromatic N) is 5. The summed E-state index contributed by atoms with van der Waals surface area (Å²) in [5.74, 6) is -0.694. The first kappa shape index (κ1) is 38.6. The number of aromatic nitrogens is 4. The molecule has 18 heteroatoms. The Hall–Kier alpha value is -5.17. The Morgan fingerprint density at radius 3 is 2.41 bits per heavy atom. The van der Waals surface area contributed by atoms with Crippen LogP contribution in [0.4, 0.5) is 15.0 Å². The molecule has 2 atom stereocenters. The molecule has 0 radical (unpaired) electrons. The van der Waals surface area contributed by atoms with E-state index in [0.717, 1.165) is 0 Å². The monoisotopic (exact) mass is 766 g/mol. The quantitative estimate of drug-likeness (QED) is 0.181. The van der Waals surface area contributed by atoms with Crippen molar-refractivity contribution in [1.29, 1.82) is 0 Å². The van der Waals surface area contributed by atoms with Crippen LogP contribution in [0.15, 0.2) is 54.9 Å². The van der Waals surface area contributed by atoms with Gasteiger partial charge in [-0.1, -0.05) is 18.2 Å². The predicted octanol–water partition coefficient (Wildman–Crippen LogP) is 3.10. The molecule has 5 heterocycles. The van der Waals surface area contributed by atoms with E-state index in [-0.39, 0.29) is 41.3 Å². The van der Waals surface area contributed by atoms with Crippen molar-refractivity contribution < 1.29 is 41.4 Å². The van der Waals surface area contributed by atoms with E-state index in [4.69, 9.17) is 24.1 Å². The molecule has 4 aromatic rings. The maximum atomic E-state index is 14.5. The molecule has 3 amide bonds. The molecule has 3 N–H and O–H groups in total. The summed E-state index contributed by atoms with van der Waals surface area (Å²) in [6.45, 7) is 2.98. The van der Waals surface area contributed by atoms with E-state index in [0.29, 0.717) is 66.4 Å². The third kappa shape index (κ3) is 8.95. The molecule has 54 heavy (non-hydrogen) atoms. The van der Waals surface area contributed by atoms with Crippen molar-refractivity contribution in [1.82, 2.24) is 35.4 Å². The number of pyridine rings is 2. The van der Waals surface area contributed by atoms with Crippen LogP contribution in [0.3, 0.4) is 0 Å². The lowest BCUT2D eigenvalue weighted by Gasteiger charge is -2.23. The van der Waals surface area contributed by atoms with E-state index in [9.17, 15) is 22.4 Å². The number of amides is 3. The van der Waals surface area contributed by atoms with Crippen molar-refractivity contribution in [2.75, 3.05) is 57.8 Å². The van der Waals surface area contributed by atoms with Crippen LogP contribution >= 0.6 is 0 Å². The Morgan fingerprint density at radius 2 is 1.72 bits per heavy atom. The van der Waals surface area contributed by atoms with Crippen LogP contribution in [-0.4, -0.2) is 116 Å². The number of para-hydroxylation sites is 1. The fourth-order valence-electron chi connectivity index (χ4n) is 6.45. The predicted molar refractivity (Wildman–Crippen MR) is 196 cm³/mol. The SMILES string of the molecule is COCCN1C[C@@H](NC(=O)Nc2c(C)c(-c3cnc(OC)c(C(=O)NC4CCS(=O)(=O)CC4)c3)nn2-c2ccccc2)[C@H](Cc2cnc(OC)c(F)c2)O1. The number of nitrogens with one attached hydrogen (secondary N) is 3. The van der Waals surface area contributed by atoms with Crippen molar-refractivity contribution in [2.24, 2.45) is 0 Å². The van der Waals surface area contributed by atoms with Crippen LogP contribution in [-0.2, 0) is 25.8 Å². The molecule has 1 aromatic carbocycles. The van der Waals surface area contributed by atoms with Gasteiger partial charge in [-0.3, -0.25) is 14.9 Å². The lowest BCUT2D eigenvalue weighted by Crippen LogP contribution is -2.45. The average molecular weight is 767 g/mol. The maximum Gasteiger partial charge on any atom is 0.320 e. The second-order valence-electron chi connectivity index (χ2n) is 13.0. The highest BCUT2D eigenvalue weighted by Crippen LogP contribution is 2.32. The number of carbonyl (C=O) groups is 2. The van der Waals surface area contributed by atoms with Gasteiger partial charge in [0, 0.05) is 56.2 Å². The molecule has 0 spiro atoms. The molecule has 16 nitrogen and oxygen atoms in total. The van der Waals surface area contributed by atoms with E-state index in [1.54, 1.807) is 29.8 Å². The minimum Gasteiger partial charge on any atom is -0.480 e. The first-order valence-corrected chi connectivity index (χ1v) is 19.2. The summed E-state index contributed by atoms with van der Waals surface area (Å²) in [6, 6.07) is 10.8. The van der Waals surface area contributed by atoms with Crippen molar-refractivity contribution >= 4 is 27.6 Å². The van der Waals surface area contributed by atoms with Gasteiger partial charge in [-0.15, -0.1) is 0 Å². The van der Waals surface area contributed by atoms with Gasteiger partial charge >= 0.3 is 6.03 Å². The summed E-state index contributed by atoms with van der Waals surface area (Å²) >= 11 is 0. The molecule has 6 rings (SSSR count). The standard InChI is InChI=1S/C36H43FN8O8S/c1-22-31(24-18-27(34(51-3)39-20-24)33(46)40-25-10-14-54(48,49)15-11-25)43-45(26-8-6-5-7-9-26)32(22)42-36(47)41-29-21-44(12-13-50-2)53-30(29)17-23-16-28(37)35(52-4)38-19-23/h5-9,16,18-20,25,29-30H,10-15,17,21H2,1-4H3,(H,40,46)(H2,41,42,47)/t29-,30+/m1/s1. The van der Waals surface area contributed by atoms with Crippen LogP contribution in [0.25, 0.3) is 16.9 Å². The topological polar surface area (TPSA) is 188 Å². The van der Waals surface area contributed by atoms with Crippen molar-refractivity contribution in [3.63, 3.8) is 0 Å². The highest BCUT2D eigenvalue weighted by molar-refractivity contribution is 7.91. The second-order valence-corrected chi connectivity index (χ2v) is 15.3. The summed E-state index contributed by atoms with van der Waals surface area (Å²) in [5, 5.41) is 15.5. The highest BCUT2D eigenvalue weighted by atomic mass is 32.2. The Labute approximate surface area is 312 Å². The molecular weight excluding hydrogens is 724 g/mol. The number of hydroxylamine groups is 2. The van der Waals surface area contributed by atoms with E-state index >= 15 is 0 Å². The Bertz CT molecular complexity index is 2070. The second kappa shape index (κ2) is 16.9. The zero-order valence-electron chi connectivity index (χ0n) is 30.4. The van der Waals surface area contributed by atoms with Crippen molar-refractivity contribution in [3.8, 4) is 28.7 Å². The fraction of sp³-hybridized carbons (Fsp3) is 0.417. The van der Waals surface area contributed by atoms with Gasteiger partial charge in [0.25, 0.3) is 5.91 Å². The molecule has 0 bridgehead atoms. The van der Waals surface area contributed by atoms with Gasteiger partial charge < -0.3 is 24.8 Å². The average Bonchev–Trinajstić information content (AvgIpc) is 3.70. The van der Waals surface area contributed by atoms with Crippen LogP contribution in [0, 0.1) is 12.7 Å². The third-order valence-corrected chi connectivity index (χ3v) is 11.0.